The second-order valence-corrected chi connectivity index (χ2v) is 4.36. The van der Waals surface area contributed by atoms with E-state index in [2.05, 4.69) is 26.5 Å². The first-order valence-electron chi connectivity index (χ1n) is 6.16. The molecular weight excluding hydrogens is 244 g/mol. The largest absolute Gasteiger partial charge is 0.383 e. The van der Waals surface area contributed by atoms with E-state index >= 15 is 0 Å². The van der Waals surface area contributed by atoms with Crippen LogP contribution >= 0.6 is 0 Å². The molecule has 0 bridgehead atoms. The molecule has 0 unspecified atom stereocenters. The summed E-state index contributed by atoms with van der Waals surface area (Å²) in [5.41, 5.74) is 2.92. The van der Waals surface area contributed by atoms with Gasteiger partial charge in [0.15, 0.2) is 0 Å². The first-order chi connectivity index (χ1) is 9.20. The Hall–Kier alpha value is -1.79. The fourth-order valence-electron chi connectivity index (χ4n) is 1.74. The van der Waals surface area contributed by atoms with Crippen molar-refractivity contribution in [3.63, 3.8) is 0 Å². The molecule has 102 valence electrons. The smallest absolute Gasteiger partial charge is 0.240 e. The Morgan fingerprint density at radius 1 is 1.37 bits per heavy atom. The standard InChI is InChI=1S/C13H18N4O2/c1-9-6-10(2)12(15-7-9)13-16-11(19-17-13)8-14-4-5-18-3/h6-7,14H,4-5,8H2,1-3H3. The van der Waals surface area contributed by atoms with E-state index in [0.717, 1.165) is 23.4 Å². The van der Waals surface area contributed by atoms with Gasteiger partial charge >= 0.3 is 0 Å². The summed E-state index contributed by atoms with van der Waals surface area (Å²) in [6.07, 6.45) is 1.80. The van der Waals surface area contributed by atoms with Crippen LogP contribution in [-0.4, -0.2) is 35.4 Å². The second-order valence-electron chi connectivity index (χ2n) is 4.36. The molecule has 2 heterocycles. The van der Waals surface area contributed by atoms with Gasteiger partial charge in [-0.25, -0.2) is 0 Å². The summed E-state index contributed by atoms with van der Waals surface area (Å²) < 4.78 is 10.1. The van der Waals surface area contributed by atoms with Crippen LogP contribution < -0.4 is 5.32 Å². The van der Waals surface area contributed by atoms with Crippen LogP contribution in [0, 0.1) is 13.8 Å². The monoisotopic (exact) mass is 262 g/mol. The van der Waals surface area contributed by atoms with Crippen LogP contribution in [0.3, 0.4) is 0 Å². The molecular formula is C13H18N4O2. The van der Waals surface area contributed by atoms with Gasteiger partial charge in [-0.15, -0.1) is 0 Å². The maximum absolute atomic E-state index is 5.18. The molecule has 0 aromatic carbocycles. The molecule has 0 radical (unpaired) electrons. The number of hydrogen-bond donors (Lipinski definition) is 1. The summed E-state index contributed by atoms with van der Waals surface area (Å²) in [7, 11) is 1.67. The second kappa shape index (κ2) is 6.40. The average Bonchev–Trinajstić information content (AvgIpc) is 2.83. The first kappa shape index (κ1) is 13.6. The maximum atomic E-state index is 5.18. The summed E-state index contributed by atoms with van der Waals surface area (Å²) >= 11 is 0. The predicted molar refractivity (Wildman–Crippen MR) is 70.6 cm³/mol. The zero-order chi connectivity index (χ0) is 13.7. The number of pyridine rings is 1. The van der Waals surface area contributed by atoms with Gasteiger partial charge < -0.3 is 14.6 Å². The van der Waals surface area contributed by atoms with E-state index in [9.17, 15) is 0 Å². The summed E-state index contributed by atoms with van der Waals surface area (Å²) in [6.45, 7) is 5.92. The quantitative estimate of drug-likeness (QED) is 0.795. The van der Waals surface area contributed by atoms with E-state index in [0.29, 0.717) is 24.9 Å². The molecule has 6 nitrogen and oxygen atoms in total. The topological polar surface area (TPSA) is 73.1 Å². The van der Waals surface area contributed by atoms with Gasteiger partial charge in [-0.1, -0.05) is 11.2 Å². The number of rotatable bonds is 6. The number of aryl methyl sites for hydroxylation is 2. The third-order valence-electron chi connectivity index (χ3n) is 2.65. The molecule has 2 aromatic heterocycles. The van der Waals surface area contributed by atoms with Crippen LogP contribution in [0.4, 0.5) is 0 Å². The molecule has 2 rings (SSSR count). The molecule has 19 heavy (non-hydrogen) atoms. The number of methoxy groups -OCH3 is 1. The van der Waals surface area contributed by atoms with Crippen LogP contribution in [0.25, 0.3) is 11.5 Å². The fourth-order valence-corrected chi connectivity index (χ4v) is 1.74. The van der Waals surface area contributed by atoms with E-state index < -0.39 is 0 Å². The molecule has 0 saturated carbocycles. The third-order valence-corrected chi connectivity index (χ3v) is 2.65. The number of nitrogens with one attached hydrogen (secondary N) is 1. The summed E-state index contributed by atoms with van der Waals surface area (Å²) in [5.74, 6) is 1.08. The number of nitrogens with zero attached hydrogens (tertiary/aromatic N) is 3. The third kappa shape index (κ3) is 3.59. The lowest BCUT2D eigenvalue weighted by atomic mass is 10.1. The molecule has 6 heteroatoms. The van der Waals surface area contributed by atoms with Crippen molar-refractivity contribution in [1.29, 1.82) is 0 Å². The van der Waals surface area contributed by atoms with Gasteiger partial charge in [0.25, 0.3) is 0 Å². The Balaban J connectivity index is 2.04. The SMILES string of the molecule is COCCNCc1nc(-c2ncc(C)cc2C)no1. The number of aromatic nitrogens is 3. The van der Waals surface area contributed by atoms with Crippen molar-refractivity contribution < 1.29 is 9.26 Å². The van der Waals surface area contributed by atoms with Crippen molar-refractivity contribution >= 4 is 0 Å². The van der Waals surface area contributed by atoms with Gasteiger partial charge in [0.05, 0.1) is 13.2 Å². The van der Waals surface area contributed by atoms with Gasteiger partial charge in [-0.2, -0.15) is 4.98 Å². The highest BCUT2D eigenvalue weighted by Crippen LogP contribution is 2.18. The lowest BCUT2D eigenvalue weighted by Gasteiger charge is -2.00. The molecule has 1 N–H and O–H groups in total. The van der Waals surface area contributed by atoms with Crippen LogP contribution in [0.15, 0.2) is 16.8 Å². The van der Waals surface area contributed by atoms with Crippen LogP contribution in [-0.2, 0) is 11.3 Å². The van der Waals surface area contributed by atoms with E-state index in [1.807, 2.05) is 13.8 Å². The molecule has 0 aliphatic carbocycles. The zero-order valence-corrected chi connectivity index (χ0v) is 11.4. The molecule has 0 saturated heterocycles. The van der Waals surface area contributed by atoms with Crippen LogP contribution in [0.5, 0.6) is 0 Å². The molecule has 0 aliphatic heterocycles. The normalized spacial score (nSPS) is 10.9. The van der Waals surface area contributed by atoms with E-state index in [-0.39, 0.29) is 0 Å². The van der Waals surface area contributed by atoms with Gasteiger partial charge in [-0.3, -0.25) is 4.98 Å². The lowest BCUT2D eigenvalue weighted by Crippen LogP contribution is -2.18. The van der Waals surface area contributed by atoms with Crippen LogP contribution in [0.1, 0.15) is 17.0 Å². The summed E-state index contributed by atoms with van der Waals surface area (Å²) in [4.78, 5) is 8.67. The number of hydrogen-bond acceptors (Lipinski definition) is 6. The highest BCUT2D eigenvalue weighted by molar-refractivity contribution is 5.53. The van der Waals surface area contributed by atoms with Crippen molar-refractivity contribution in [1.82, 2.24) is 20.4 Å². The van der Waals surface area contributed by atoms with Crippen molar-refractivity contribution in [2.75, 3.05) is 20.3 Å². The Bertz CT molecular complexity index is 539. The minimum Gasteiger partial charge on any atom is -0.383 e. The highest BCUT2D eigenvalue weighted by atomic mass is 16.5. The summed E-state index contributed by atoms with van der Waals surface area (Å²) in [6, 6.07) is 2.05. The molecule has 2 aromatic rings. The van der Waals surface area contributed by atoms with Crippen molar-refractivity contribution in [3.8, 4) is 11.5 Å². The fraction of sp³-hybridized carbons (Fsp3) is 0.462. The van der Waals surface area contributed by atoms with E-state index in [1.54, 1.807) is 13.3 Å². The van der Waals surface area contributed by atoms with E-state index in [4.69, 9.17) is 9.26 Å². The minimum absolute atomic E-state index is 0.529. The van der Waals surface area contributed by atoms with E-state index in [1.165, 1.54) is 0 Å². The highest BCUT2D eigenvalue weighted by Gasteiger charge is 2.11. The Morgan fingerprint density at radius 3 is 2.95 bits per heavy atom. The average molecular weight is 262 g/mol. The van der Waals surface area contributed by atoms with Crippen molar-refractivity contribution in [2.45, 2.75) is 20.4 Å². The molecule has 0 spiro atoms. The van der Waals surface area contributed by atoms with Crippen molar-refractivity contribution in [2.24, 2.45) is 0 Å². The van der Waals surface area contributed by atoms with Gasteiger partial charge in [-0.05, 0) is 25.0 Å². The molecule has 0 amide bonds. The minimum atomic E-state index is 0.529. The van der Waals surface area contributed by atoms with Crippen LogP contribution in [0.2, 0.25) is 0 Å². The van der Waals surface area contributed by atoms with Crippen molar-refractivity contribution in [3.05, 3.63) is 29.3 Å². The summed E-state index contributed by atoms with van der Waals surface area (Å²) in [5, 5.41) is 7.11. The Labute approximate surface area is 112 Å². The molecule has 0 aliphatic rings. The van der Waals surface area contributed by atoms with Gasteiger partial charge in [0, 0.05) is 19.9 Å². The maximum Gasteiger partial charge on any atom is 0.240 e. The zero-order valence-electron chi connectivity index (χ0n) is 11.4. The predicted octanol–water partition coefficient (Wildman–Crippen LogP) is 1.48. The first-order valence-corrected chi connectivity index (χ1v) is 6.16. The Kier molecular flexibility index (Phi) is 4.59. The molecule has 0 fully saturated rings. The number of ether oxygens (including phenoxy) is 1. The molecule has 0 atom stereocenters. The van der Waals surface area contributed by atoms with Gasteiger partial charge in [0.2, 0.25) is 11.7 Å². The lowest BCUT2D eigenvalue weighted by molar-refractivity contribution is 0.197. The van der Waals surface area contributed by atoms with Gasteiger partial charge in [0.1, 0.15) is 5.69 Å². The Morgan fingerprint density at radius 2 is 2.21 bits per heavy atom.